The van der Waals surface area contributed by atoms with Crippen LogP contribution in [0.25, 0.3) is 0 Å². The molecule has 0 saturated carbocycles. The Morgan fingerprint density at radius 3 is 2.90 bits per heavy atom. The third kappa shape index (κ3) is 3.39. The number of nitrogens with one attached hydrogen (secondary N) is 1. The molecule has 0 saturated heterocycles. The molecule has 2 rings (SSSR count). The fraction of sp³-hybridized carbons (Fsp3) is 0.462. The molecule has 0 atom stereocenters. The van der Waals surface area contributed by atoms with Crippen LogP contribution in [0.1, 0.15) is 31.4 Å². The van der Waals surface area contributed by atoms with E-state index in [1.165, 1.54) is 4.68 Å². The van der Waals surface area contributed by atoms with Crippen LogP contribution in [0.15, 0.2) is 21.6 Å². The fourth-order valence-electron chi connectivity index (χ4n) is 1.71. The smallest absolute Gasteiger partial charge is 0.287 e. The number of aromatic nitrogens is 3. The third-order valence-corrected chi connectivity index (χ3v) is 3.17. The van der Waals surface area contributed by atoms with Gasteiger partial charge in [-0.1, -0.05) is 24.9 Å². The lowest BCUT2D eigenvalue weighted by Gasteiger charge is -2.08. The van der Waals surface area contributed by atoms with Gasteiger partial charge < -0.3 is 9.73 Å². The molecule has 2 aromatic rings. The lowest BCUT2D eigenvalue weighted by Crippen LogP contribution is -2.24. The van der Waals surface area contributed by atoms with Crippen molar-refractivity contribution in [2.24, 2.45) is 0 Å². The summed E-state index contributed by atoms with van der Waals surface area (Å²) in [6.45, 7) is 4.81. The summed E-state index contributed by atoms with van der Waals surface area (Å²) in [7, 11) is 0. The Balaban J connectivity index is 2.09. The number of hydrogen-bond acceptors (Lipinski definition) is 5. The minimum absolute atomic E-state index is 0.138. The maximum absolute atomic E-state index is 12.0. The van der Waals surface area contributed by atoms with Gasteiger partial charge in [0.15, 0.2) is 0 Å². The first-order valence-corrected chi connectivity index (χ1v) is 6.90. The Kier molecular flexibility index (Phi) is 4.79. The predicted octanol–water partition coefficient (Wildman–Crippen LogP) is 2.61. The van der Waals surface area contributed by atoms with Gasteiger partial charge in [-0.15, -0.1) is 0 Å². The molecular weight excluding hydrogens is 280 g/mol. The molecule has 0 radical (unpaired) electrons. The minimum atomic E-state index is -0.284. The normalized spacial score (nSPS) is 10.8. The Hall–Kier alpha value is -1.82. The van der Waals surface area contributed by atoms with Crippen LogP contribution in [-0.2, 0) is 13.1 Å². The van der Waals surface area contributed by atoms with E-state index in [-0.39, 0.29) is 10.6 Å². The number of aryl methyl sites for hydroxylation is 2. The quantitative estimate of drug-likeness (QED) is 0.887. The standard InChI is InChI=1S/C13H17ClN4O2/c1-3-4-5-18-13(19)12(14)10(7-17-18)15-8-11-16-6-9(2)20-11/h6-7,15H,3-5,8H2,1-2H3. The summed E-state index contributed by atoms with van der Waals surface area (Å²) < 4.78 is 6.71. The summed E-state index contributed by atoms with van der Waals surface area (Å²) in [4.78, 5) is 16.1. The van der Waals surface area contributed by atoms with E-state index < -0.39 is 0 Å². The van der Waals surface area contributed by atoms with Crippen molar-refractivity contribution in [1.29, 1.82) is 0 Å². The number of rotatable bonds is 6. The van der Waals surface area contributed by atoms with Crippen LogP contribution in [0.3, 0.4) is 0 Å². The summed E-state index contributed by atoms with van der Waals surface area (Å²) in [5.74, 6) is 1.27. The summed E-state index contributed by atoms with van der Waals surface area (Å²) in [5, 5.41) is 7.24. The Morgan fingerprint density at radius 1 is 1.45 bits per heavy atom. The van der Waals surface area contributed by atoms with Gasteiger partial charge in [0, 0.05) is 6.54 Å². The average molecular weight is 297 g/mol. The summed E-state index contributed by atoms with van der Waals surface area (Å²) in [6.07, 6.45) is 5.08. The molecule has 0 bridgehead atoms. The molecule has 6 nitrogen and oxygen atoms in total. The molecule has 0 aliphatic carbocycles. The maximum Gasteiger partial charge on any atom is 0.287 e. The SMILES string of the molecule is CCCCn1ncc(NCc2ncc(C)o2)c(Cl)c1=O. The minimum Gasteiger partial charge on any atom is -0.444 e. The molecule has 1 N–H and O–H groups in total. The first kappa shape index (κ1) is 14.6. The Labute approximate surface area is 121 Å². The van der Waals surface area contributed by atoms with Gasteiger partial charge in [0.05, 0.1) is 24.6 Å². The highest BCUT2D eigenvalue weighted by Gasteiger charge is 2.09. The van der Waals surface area contributed by atoms with Gasteiger partial charge in [0.1, 0.15) is 10.8 Å². The van der Waals surface area contributed by atoms with Crippen molar-refractivity contribution in [3.05, 3.63) is 39.4 Å². The second-order valence-corrected chi connectivity index (χ2v) is 4.85. The van der Waals surface area contributed by atoms with E-state index in [1.54, 1.807) is 12.4 Å². The van der Waals surface area contributed by atoms with Gasteiger partial charge in [-0.2, -0.15) is 5.10 Å². The van der Waals surface area contributed by atoms with Crippen molar-refractivity contribution in [3.8, 4) is 0 Å². The number of nitrogens with zero attached hydrogens (tertiary/aromatic N) is 3. The maximum atomic E-state index is 12.0. The van der Waals surface area contributed by atoms with E-state index in [4.69, 9.17) is 16.0 Å². The van der Waals surface area contributed by atoms with Crippen LogP contribution in [0, 0.1) is 6.92 Å². The fourth-order valence-corrected chi connectivity index (χ4v) is 1.92. The molecule has 0 fully saturated rings. The zero-order chi connectivity index (χ0) is 14.5. The highest BCUT2D eigenvalue weighted by molar-refractivity contribution is 6.32. The van der Waals surface area contributed by atoms with E-state index in [9.17, 15) is 4.79 Å². The van der Waals surface area contributed by atoms with Gasteiger partial charge in [-0.25, -0.2) is 9.67 Å². The lowest BCUT2D eigenvalue weighted by molar-refractivity contribution is 0.479. The van der Waals surface area contributed by atoms with E-state index in [0.29, 0.717) is 24.7 Å². The van der Waals surface area contributed by atoms with Gasteiger partial charge >= 0.3 is 0 Å². The van der Waals surface area contributed by atoms with Gasteiger partial charge in [0.25, 0.3) is 5.56 Å². The third-order valence-electron chi connectivity index (χ3n) is 2.81. The molecular formula is C13H17ClN4O2. The molecule has 108 valence electrons. The number of unbranched alkanes of at least 4 members (excludes halogenated alkanes) is 1. The molecule has 0 aromatic carbocycles. The molecule has 0 aliphatic heterocycles. The van der Waals surface area contributed by atoms with Crippen molar-refractivity contribution in [2.75, 3.05) is 5.32 Å². The van der Waals surface area contributed by atoms with Crippen LogP contribution >= 0.6 is 11.6 Å². The topological polar surface area (TPSA) is 73.0 Å². The molecule has 7 heteroatoms. The number of anilines is 1. The van der Waals surface area contributed by atoms with Crippen molar-refractivity contribution in [2.45, 2.75) is 39.8 Å². The van der Waals surface area contributed by atoms with Crippen LogP contribution in [0.2, 0.25) is 5.02 Å². The van der Waals surface area contributed by atoms with Gasteiger partial charge in [-0.3, -0.25) is 4.79 Å². The van der Waals surface area contributed by atoms with Crippen LogP contribution in [-0.4, -0.2) is 14.8 Å². The predicted molar refractivity (Wildman–Crippen MR) is 77.0 cm³/mol. The van der Waals surface area contributed by atoms with Crippen molar-refractivity contribution >= 4 is 17.3 Å². The second-order valence-electron chi connectivity index (χ2n) is 4.47. The zero-order valence-electron chi connectivity index (χ0n) is 11.5. The highest BCUT2D eigenvalue weighted by atomic mass is 35.5. The van der Waals surface area contributed by atoms with Crippen molar-refractivity contribution in [3.63, 3.8) is 0 Å². The summed E-state index contributed by atoms with van der Waals surface area (Å²) in [5.41, 5.74) is 0.203. The summed E-state index contributed by atoms with van der Waals surface area (Å²) in [6, 6.07) is 0. The monoisotopic (exact) mass is 296 g/mol. The molecule has 0 aliphatic rings. The molecule has 0 spiro atoms. The highest BCUT2D eigenvalue weighted by Crippen LogP contribution is 2.16. The molecule has 2 aromatic heterocycles. The second kappa shape index (κ2) is 6.56. The zero-order valence-corrected chi connectivity index (χ0v) is 12.3. The number of hydrogen-bond donors (Lipinski definition) is 1. The van der Waals surface area contributed by atoms with Crippen LogP contribution in [0.5, 0.6) is 0 Å². The van der Waals surface area contributed by atoms with E-state index in [1.807, 2.05) is 6.92 Å². The largest absolute Gasteiger partial charge is 0.444 e. The van der Waals surface area contributed by atoms with Gasteiger partial charge in [0.2, 0.25) is 5.89 Å². The van der Waals surface area contributed by atoms with Crippen LogP contribution < -0.4 is 10.9 Å². The molecule has 2 heterocycles. The summed E-state index contributed by atoms with van der Waals surface area (Å²) >= 11 is 6.06. The molecule has 0 amide bonds. The van der Waals surface area contributed by atoms with Crippen molar-refractivity contribution < 1.29 is 4.42 Å². The Morgan fingerprint density at radius 2 is 2.25 bits per heavy atom. The lowest BCUT2D eigenvalue weighted by atomic mass is 10.3. The molecule has 20 heavy (non-hydrogen) atoms. The van der Waals surface area contributed by atoms with E-state index >= 15 is 0 Å². The molecule has 0 unspecified atom stereocenters. The number of halogens is 1. The van der Waals surface area contributed by atoms with E-state index in [2.05, 4.69) is 22.3 Å². The van der Waals surface area contributed by atoms with E-state index in [0.717, 1.165) is 18.6 Å². The van der Waals surface area contributed by atoms with Crippen molar-refractivity contribution in [1.82, 2.24) is 14.8 Å². The Bertz CT molecular complexity index is 636. The first-order valence-electron chi connectivity index (χ1n) is 6.52. The number of oxazole rings is 1. The van der Waals surface area contributed by atoms with Crippen LogP contribution in [0.4, 0.5) is 5.69 Å². The first-order chi connectivity index (χ1) is 9.61. The average Bonchev–Trinajstić information content (AvgIpc) is 2.85. The van der Waals surface area contributed by atoms with Gasteiger partial charge in [-0.05, 0) is 13.3 Å².